The number of halogens is 3. The van der Waals surface area contributed by atoms with Crippen LogP contribution in [0.5, 0.6) is 5.75 Å². The van der Waals surface area contributed by atoms with Crippen LogP contribution < -0.4 is 10.1 Å². The number of nitrogens with one attached hydrogen (secondary N) is 1. The molecule has 1 amide bonds. The molecule has 0 spiro atoms. The largest absolute Gasteiger partial charge is 0.497 e. The highest BCUT2D eigenvalue weighted by Gasteiger charge is 2.30. The first-order chi connectivity index (χ1) is 12.9. The van der Waals surface area contributed by atoms with Crippen molar-refractivity contribution >= 4 is 5.91 Å². The molecule has 1 N–H and O–H groups in total. The lowest BCUT2D eigenvalue weighted by Crippen LogP contribution is -2.23. The van der Waals surface area contributed by atoms with E-state index in [9.17, 15) is 18.0 Å². The second-order valence-corrected chi connectivity index (χ2v) is 5.49. The minimum atomic E-state index is -4.45. The van der Waals surface area contributed by atoms with Crippen molar-refractivity contribution in [3.05, 3.63) is 65.5 Å². The quantitative estimate of drug-likeness (QED) is 0.734. The van der Waals surface area contributed by atoms with E-state index < -0.39 is 17.6 Å². The molecule has 9 heteroatoms. The molecule has 0 saturated carbocycles. The fraction of sp³-hybridized carbons (Fsp3) is 0.167. The van der Waals surface area contributed by atoms with Crippen LogP contribution in [0.15, 0.2) is 52.9 Å². The van der Waals surface area contributed by atoms with E-state index in [1.165, 1.54) is 0 Å². The van der Waals surface area contributed by atoms with Crippen molar-refractivity contribution in [3.8, 4) is 17.2 Å². The van der Waals surface area contributed by atoms with Crippen molar-refractivity contribution in [1.82, 2.24) is 15.5 Å². The minimum Gasteiger partial charge on any atom is -0.497 e. The Balaban J connectivity index is 1.61. The van der Waals surface area contributed by atoms with Gasteiger partial charge in [-0.25, -0.2) is 0 Å². The summed E-state index contributed by atoms with van der Waals surface area (Å²) in [7, 11) is 1.55. The molecule has 0 saturated heterocycles. The van der Waals surface area contributed by atoms with E-state index in [0.717, 1.165) is 24.3 Å². The Morgan fingerprint density at radius 3 is 2.33 bits per heavy atom. The van der Waals surface area contributed by atoms with Gasteiger partial charge >= 0.3 is 6.18 Å². The summed E-state index contributed by atoms with van der Waals surface area (Å²) in [5.41, 5.74) is -0.0402. The highest BCUT2D eigenvalue weighted by atomic mass is 19.4. The molecule has 27 heavy (non-hydrogen) atoms. The molecule has 6 nitrogen and oxygen atoms in total. The van der Waals surface area contributed by atoms with E-state index in [-0.39, 0.29) is 23.9 Å². The van der Waals surface area contributed by atoms with Crippen molar-refractivity contribution in [1.29, 1.82) is 0 Å². The summed E-state index contributed by atoms with van der Waals surface area (Å²) in [5, 5.41) is 10.3. The van der Waals surface area contributed by atoms with Gasteiger partial charge in [-0.3, -0.25) is 4.79 Å². The van der Waals surface area contributed by atoms with Crippen LogP contribution in [0.1, 0.15) is 21.8 Å². The molecule has 0 radical (unpaired) electrons. The van der Waals surface area contributed by atoms with Gasteiger partial charge < -0.3 is 14.5 Å². The molecule has 0 fully saturated rings. The lowest BCUT2D eigenvalue weighted by atomic mass is 10.1. The topological polar surface area (TPSA) is 77.3 Å². The van der Waals surface area contributed by atoms with Gasteiger partial charge in [0.15, 0.2) is 0 Å². The average molecular weight is 377 g/mol. The molecular weight excluding hydrogens is 363 g/mol. The number of amides is 1. The van der Waals surface area contributed by atoms with Crippen LogP contribution in [-0.4, -0.2) is 23.2 Å². The Kier molecular flexibility index (Phi) is 5.11. The molecule has 0 atom stereocenters. The zero-order chi connectivity index (χ0) is 19.4. The van der Waals surface area contributed by atoms with E-state index in [0.29, 0.717) is 11.3 Å². The zero-order valence-corrected chi connectivity index (χ0v) is 14.1. The zero-order valence-electron chi connectivity index (χ0n) is 14.1. The van der Waals surface area contributed by atoms with Gasteiger partial charge in [0.1, 0.15) is 5.75 Å². The Morgan fingerprint density at radius 1 is 1.07 bits per heavy atom. The van der Waals surface area contributed by atoms with E-state index in [4.69, 9.17) is 9.15 Å². The third-order valence-electron chi connectivity index (χ3n) is 3.68. The van der Waals surface area contributed by atoms with Gasteiger partial charge in [0.25, 0.3) is 5.91 Å². The Morgan fingerprint density at radius 2 is 1.74 bits per heavy atom. The molecule has 3 aromatic rings. The van der Waals surface area contributed by atoms with Crippen LogP contribution in [0.4, 0.5) is 13.2 Å². The molecule has 1 aromatic heterocycles. The molecule has 3 rings (SSSR count). The number of rotatable bonds is 5. The number of hydrogen-bond donors (Lipinski definition) is 1. The van der Waals surface area contributed by atoms with Crippen LogP contribution in [0.2, 0.25) is 0 Å². The maximum absolute atomic E-state index is 12.5. The Labute approximate surface area is 152 Å². The predicted octanol–water partition coefficient (Wildman–Crippen LogP) is 3.69. The molecule has 0 aliphatic heterocycles. The maximum Gasteiger partial charge on any atom is 0.416 e. The molecule has 0 bridgehead atoms. The number of hydrogen-bond acceptors (Lipinski definition) is 5. The fourth-order valence-corrected chi connectivity index (χ4v) is 2.24. The molecule has 2 aromatic carbocycles. The summed E-state index contributed by atoms with van der Waals surface area (Å²) in [6.45, 7) is -0.0526. The smallest absolute Gasteiger partial charge is 0.416 e. The average Bonchev–Trinajstić information content (AvgIpc) is 3.14. The summed E-state index contributed by atoms with van der Waals surface area (Å²) in [5.74, 6) is 0.577. The first kappa shape index (κ1) is 18.4. The predicted molar refractivity (Wildman–Crippen MR) is 88.9 cm³/mol. The molecule has 0 unspecified atom stereocenters. The number of benzene rings is 2. The maximum atomic E-state index is 12.5. The standard InChI is InChI=1S/C18H14F3N3O3/c1-26-14-8-4-12(5-9-14)17-24-23-15(27-17)10-22-16(25)11-2-6-13(7-3-11)18(19,20)21/h2-9H,10H2,1H3,(H,22,25). The van der Waals surface area contributed by atoms with Crippen molar-refractivity contribution in [2.24, 2.45) is 0 Å². The van der Waals surface area contributed by atoms with Crippen molar-refractivity contribution < 1.29 is 27.1 Å². The van der Waals surface area contributed by atoms with Crippen LogP contribution in [0.3, 0.4) is 0 Å². The van der Waals surface area contributed by atoms with Crippen molar-refractivity contribution in [3.63, 3.8) is 0 Å². The molecule has 140 valence electrons. The summed E-state index contributed by atoms with van der Waals surface area (Å²) in [6, 6.07) is 10.9. The normalized spacial score (nSPS) is 11.3. The summed E-state index contributed by atoms with van der Waals surface area (Å²) in [4.78, 5) is 12.0. The first-order valence-electron chi connectivity index (χ1n) is 7.79. The third kappa shape index (κ3) is 4.43. The molecule has 0 aliphatic rings. The van der Waals surface area contributed by atoms with E-state index in [1.54, 1.807) is 31.4 Å². The van der Waals surface area contributed by atoms with E-state index >= 15 is 0 Å². The van der Waals surface area contributed by atoms with Gasteiger partial charge in [-0.05, 0) is 48.5 Å². The Bertz CT molecular complexity index is 920. The Hall–Kier alpha value is -3.36. The van der Waals surface area contributed by atoms with Gasteiger partial charge in [0, 0.05) is 11.1 Å². The first-order valence-corrected chi connectivity index (χ1v) is 7.79. The van der Waals surface area contributed by atoms with Crippen LogP contribution >= 0.6 is 0 Å². The van der Waals surface area contributed by atoms with Gasteiger partial charge in [-0.2, -0.15) is 13.2 Å². The van der Waals surface area contributed by atoms with Crippen molar-refractivity contribution in [2.75, 3.05) is 7.11 Å². The summed E-state index contributed by atoms with van der Waals surface area (Å²) >= 11 is 0. The number of aromatic nitrogens is 2. The van der Waals surface area contributed by atoms with Crippen LogP contribution in [0, 0.1) is 0 Å². The van der Waals surface area contributed by atoms with Crippen LogP contribution in [-0.2, 0) is 12.7 Å². The van der Waals surface area contributed by atoms with Gasteiger partial charge in [0.05, 0.1) is 19.2 Å². The third-order valence-corrected chi connectivity index (χ3v) is 3.68. The van der Waals surface area contributed by atoms with Gasteiger partial charge in [-0.1, -0.05) is 0 Å². The number of methoxy groups -OCH3 is 1. The number of nitrogens with zero attached hydrogens (tertiary/aromatic N) is 2. The van der Waals surface area contributed by atoms with E-state index in [1.807, 2.05) is 0 Å². The molecule has 0 aliphatic carbocycles. The molecular formula is C18H14F3N3O3. The minimum absolute atomic E-state index is 0.0526. The van der Waals surface area contributed by atoms with Crippen molar-refractivity contribution in [2.45, 2.75) is 12.7 Å². The monoisotopic (exact) mass is 377 g/mol. The van der Waals surface area contributed by atoms with E-state index in [2.05, 4.69) is 15.5 Å². The second kappa shape index (κ2) is 7.48. The number of alkyl halides is 3. The summed E-state index contributed by atoms with van der Waals surface area (Å²) in [6.07, 6.45) is -4.45. The summed E-state index contributed by atoms with van der Waals surface area (Å²) < 4.78 is 48.2. The van der Waals surface area contributed by atoms with Gasteiger partial charge in [0.2, 0.25) is 11.8 Å². The number of carbonyl (C=O) groups excluding carboxylic acids is 1. The second-order valence-electron chi connectivity index (χ2n) is 5.49. The number of carbonyl (C=O) groups is 1. The van der Waals surface area contributed by atoms with Gasteiger partial charge in [-0.15, -0.1) is 10.2 Å². The number of ether oxygens (including phenoxy) is 1. The lowest BCUT2D eigenvalue weighted by molar-refractivity contribution is -0.137. The lowest BCUT2D eigenvalue weighted by Gasteiger charge is -2.07. The highest BCUT2D eigenvalue weighted by molar-refractivity contribution is 5.94. The SMILES string of the molecule is COc1ccc(-c2nnc(CNC(=O)c3ccc(C(F)(F)F)cc3)o2)cc1. The fourth-order valence-electron chi connectivity index (χ4n) is 2.24. The molecule has 1 heterocycles. The highest BCUT2D eigenvalue weighted by Crippen LogP contribution is 2.29. The van der Waals surface area contributed by atoms with Crippen LogP contribution in [0.25, 0.3) is 11.5 Å².